The molecule has 0 aromatic heterocycles. The van der Waals surface area contributed by atoms with Gasteiger partial charge in [0.25, 0.3) is 0 Å². The van der Waals surface area contributed by atoms with Gasteiger partial charge in [0.05, 0.1) is 5.69 Å². The second kappa shape index (κ2) is 6.13. The summed E-state index contributed by atoms with van der Waals surface area (Å²) in [6.07, 6.45) is -4.47. The first-order valence-electron chi connectivity index (χ1n) is 8.02. The normalized spacial score (nSPS) is 17.2. The van der Waals surface area contributed by atoms with Crippen molar-refractivity contribution in [2.24, 2.45) is 4.99 Å². The molecule has 0 radical (unpaired) electrons. The van der Waals surface area contributed by atoms with Gasteiger partial charge in [-0.25, -0.2) is 4.99 Å². The van der Waals surface area contributed by atoms with Crippen molar-refractivity contribution in [2.75, 3.05) is 11.9 Å². The maximum Gasteiger partial charge on any atom is 0.415 e. The van der Waals surface area contributed by atoms with Crippen LogP contribution in [0.25, 0.3) is 10.8 Å². The van der Waals surface area contributed by atoms with E-state index in [2.05, 4.69) is 20.9 Å². The monoisotopic (exact) mass is 418 g/mol. The fourth-order valence-electron chi connectivity index (χ4n) is 3.41. The molecule has 0 saturated carbocycles. The highest BCUT2D eigenvalue weighted by molar-refractivity contribution is 9.10. The van der Waals surface area contributed by atoms with Gasteiger partial charge in [0.2, 0.25) is 0 Å². The largest absolute Gasteiger partial charge is 0.415 e. The number of rotatable bonds is 1. The third kappa shape index (κ3) is 2.69. The second-order valence-electron chi connectivity index (χ2n) is 6.16. The number of benzene rings is 3. The van der Waals surface area contributed by atoms with Crippen molar-refractivity contribution < 1.29 is 13.2 Å². The number of halogens is 4. The Kier molecular flexibility index (Phi) is 4.03. The van der Waals surface area contributed by atoms with E-state index >= 15 is 0 Å². The molecular formula is C20H14BrF3N2. The Bertz CT molecular complexity index is 1010. The highest BCUT2D eigenvalue weighted by Crippen LogP contribution is 2.48. The second-order valence-corrected chi connectivity index (χ2v) is 7.02. The lowest BCUT2D eigenvalue weighted by atomic mass is 9.95. The lowest BCUT2D eigenvalue weighted by Gasteiger charge is -2.34. The number of anilines is 1. The number of fused-ring (bicyclic) bond motifs is 3. The van der Waals surface area contributed by atoms with E-state index in [4.69, 9.17) is 0 Å². The van der Waals surface area contributed by atoms with Gasteiger partial charge in [-0.3, -0.25) is 0 Å². The van der Waals surface area contributed by atoms with Crippen molar-refractivity contribution in [2.45, 2.75) is 12.2 Å². The Balaban J connectivity index is 2.04. The topological polar surface area (TPSA) is 15.6 Å². The standard InChI is InChI=1S/C20H14BrF3N2/c1-26-17-14-10-6-5-9-13(14)16(21)11-15(17)18(20(22,23)24)25-19(26)12-7-3-2-4-8-12/h2-11,18H,1H3. The first-order chi connectivity index (χ1) is 12.4. The van der Waals surface area contributed by atoms with Gasteiger partial charge in [0.15, 0.2) is 6.04 Å². The van der Waals surface area contributed by atoms with E-state index in [1.165, 1.54) is 6.07 Å². The molecule has 0 saturated heterocycles. The number of hydrogen-bond donors (Lipinski definition) is 0. The first kappa shape index (κ1) is 17.1. The molecule has 4 rings (SSSR count). The number of nitrogens with zero attached hydrogens (tertiary/aromatic N) is 2. The SMILES string of the molecule is CN1C(c2ccccc2)=NC(C(F)(F)F)c2cc(Br)c3ccccc3c21. The van der Waals surface area contributed by atoms with E-state index in [0.717, 1.165) is 10.8 Å². The highest BCUT2D eigenvalue weighted by atomic mass is 79.9. The van der Waals surface area contributed by atoms with Crippen molar-refractivity contribution in [3.05, 3.63) is 76.3 Å². The van der Waals surface area contributed by atoms with E-state index < -0.39 is 12.2 Å². The smallest absolute Gasteiger partial charge is 0.328 e. The lowest BCUT2D eigenvalue weighted by molar-refractivity contribution is -0.148. The maximum atomic E-state index is 13.8. The van der Waals surface area contributed by atoms with Crippen molar-refractivity contribution >= 4 is 38.2 Å². The predicted molar refractivity (Wildman–Crippen MR) is 102 cm³/mol. The maximum absolute atomic E-state index is 13.8. The van der Waals surface area contributed by atoms with E-state index in [-0.39, 0.29) is 5.56 Å². The molecule has 1 unspecified atom stereocenters. The number of amidine groups is 1. The van der Waals surface area contributed by atoms with Gasteiger partial charge in [0.1, 0.15) is 5.84 Å². The molecule has 1 aliphatic rings. The molecule has 2 nitrogen and oxygen atoms in total. The number of hydrogen-bond acceptors (Lipinski definition) is 2. The summed E-state index contributed by atoms with van der Waals surface area (Å²) in [5, 5.41) is 1.63. The van der Waals surface area contributed by atoms with Crippen LogP contribution in [0.4, 0.5) is 18.9 Å². The average Bonchev–Trinajstić information content (AvgIpc) is 2.62. The summed E-state index contributed by atoms with van der Waals surface area (Å²) in [5.41, 5.74) is 1.35. The summed E-state index contributed by atoms with van der Waals surface area (Å²) in [7, 11) is 1.76. The Morgan fingerprint density at radius 2 is 1.58 bits per heavy atom. The molecular weight excluding hydrogens is 405 g/mol. The van der Waals surface area contributed by atoms with Crippen LogP contribution in [-0.2, 0) is 0 Å². The molecule has 0 spiro atoms. The van der Waals surface area contributed by atoms with Crippen LogP contribution in [0.5, 0.6) is 0 Å². The van der Waals surface area contributed by atoms with Crippen LogP contribution in [0.15, 0.2) is 70.1 Å². The quantitative estimate of drug-likeness (QED) is 0.465. The van der Waals surface area contributed by atoms with Crippen LogP contribution in [-0.4, -0.2) is 19.1 Å². The molecule has 0 amide bonds. The van der Waals surface area contributed by atoms with Crippen molar-refractivity contribution in [3.8, 4) is 0 Å². The summed E-state index contributed by atoms with van der Waals surface area (Å²) in [5.74, 6) is 0.313. The molecule has 0 N–H and O–H groups in total. The number of alkyl halides is 3. The minimum absolute atomic E-state index is 0.158. The average molecular weight is 419 g/mol. The van der Waals surface area contributed by atoms with Crippen LogP contribution in [0.3, 0.4) is 0 Å². The summed E-state index contributed by atoms with van der Waals surface area (Å²) in [6.45, 7) is 0. The van der Waals surface area contributed by atoms with E-state index in [0.29, 0.717) is 21.6 Å². The van der Waals surface area contributed by atoms with Gasteiger partial charge in [-0.05, 0) is 11.5 Å². The predicted octanol–water partition coefficient (Wildman–Crippen LogP) is 6.10. The Hall–Kier alpha value is -2.34. The third-order valence-corrected chi connectivity index (χ3v) is 5.19. The van der Waals surface area contributed by atoms with Gasteiger partial charge < -0.3 is 4.90 Å². The molecule has 6 heteroatoms. The van der Waals surface area contributed by atoms with Crippen LogP contribution in [0, 0.1) is 0 Å². The molecule has 1 heterocycles. The van der Waals surface area contributed by atoms with Crippen LogP contribution < -0.4 is 4.90 Å². The summed E-state index contributed by atoms with van der Waals surface area (Å²) in [6, 6.07) is 16.0. The molecule has 1 atom stereocenters. The van der Waals surface area contributed by atoms with Gasteiger partial charge in [-0.2, -0.15) is 13.2 Å². The zero-order valence-electron chi connectivity index (χ0n) is 13.8. The van der Waals surface area contributed by atoms with Crippen LogP contribution in [0.1, 0.15) is 17.2 Å². The third-order valence-electron chi connectivity index (χ3n) is 4.54. The molecule has 1 aliphatic heterocycles. The fourth-order valence-corrected chi connectivity index (χ4v) is 4.00. The number of aliphatic imine (C=N–C) groups is 1. The summed E-state index contributed by atoms with van der Waals surface area (Å²) in [4.78, 5) is 5.84. The van der Waals surface area contributed by atoms with Crippen molar-refractivity contribution in [3.63, 3.8) is 0 Å². The zero-order chi connectivity index (χ0) is 18.5. The van der Waals surface area contributed by atoms with Gasteiger partial charge in [-0.1, -0.05) is 70.5 Å². The summed E-state index contributed by atoms with van der Waals surface area (Å²) >= 11 is 3.42. The highest BCUT2D eigenvalue weighted by Gasteiger charge is 2.45. The first-order valence-corrected chi connectivity index (χ1v) is 8.82. The molecule has 0 aliphatic carbocycles. The van der Waals surface area contributed by atoms with Crippen LogP contribution in [0.2, 0.25) is 0 Å². The molecule has 0 bridgehead atoms. The fraction of sp³-hybridized carbons (Fsp3) is 0.150. The Morgan fingerprint density at radius 1 is 0.962 bits per heavy atom. The van der Waals surface area contributed by atoms with Crippen molar-refractivity contribution in [1.82, 2.24) is 0 Å². The van der Waals surface area contributed by atoms with Crippen LogP contribution >= 0.6 is 15.9 Å². The molecule has 3 aromatic rings. The minimum atomic E-state index is -4.47. The minimum Gasteiger partial charge on any atom is -0.328 e. The summed E-state index contributed by atoms with van der Waals surface area (Å²) < 4.78 is 42.1. The zero-order valence-corrected chi connectivity index (χ0v) is 15.3. The molecule has 0 fully saturated rings. The van der Waals surface area contributed by atoms with Gasteiger partial charge in [-0.15, -0.1) is 0 Å². The van der Waals surface area contributed by atoms with E-state index in [1.807, 2.05) is 30.3 Å². The molecule has 26 heavy (non-hydrogen) atoms. The van der Waals surface area contributed by atoms with Crippen molar-refractivity contribution in [1.29, 1.82) is 0 Å². The molecule has 3 aromatic carbocycles. The Labute approximate surface area is 157 Å². The molecule has 132 valence electrons. The lowest BCUT2D eigenvalue weighted by Crippen LogP contribution is -2.36. The van der Waals surface area contributed by atoms with E-state index in [9.17, 15) is 13.2 Å². The Morgan fingerprint density at radius 3 is 2.23 bits per heavy atom. The van der Waals surface area contributed by atoms with E-state index in [1.54, 1.807) is 36.2 Å². The van der Waals surface area contributed by atoms with Gasteiger partial charge in [0, 0.05) is 28.0 Å². The van der Waals surface area contributed by atoms with Gasteiger partial charge >= 0.3 is 6.18 Å².